The van der Waals surface area contributed by atoms with Crippen LogP contribution in [0.3, 0.4) is 0 Å². The lowest BCUT2D eigenvalue weighted by atomic mass is 9.99. The number of hydrogen-bond donors (Lipinski definition) is 0. The number of hydrogen-bond acceptors (Lipinski definition) is 0. The highest BCUT2D eigenvalue weighted by Gasteiger charge is 2.21. The van der Waals surface area contributed by atoms with Crippen LogP contribution >= 0.6 is 15.9 Å². The lowest BCUT2D eigenvalue weighted by Gasteiger charge is -2.05. The van der Waals surface area contributed by atoms with E-state index in [0.29, 0.717) is 0 Å². The highest BCUT2D eigenvalue weighted by Crippen LogP contribution is 2.42. The molecule has 18 heavy (non-hydrogen) atoms. The molecule has 0 saturated heterocycles. The van der Waals surface area contributed by atoms with Gasteiger partial charge in [-0.25, -0.2) is 0 Å². The van der Waals surface area contributed by atoms with E-state index in [1.54, 1.807) is 0 Å². The topological polar surface area (TPSA) is 0 Å². The molecule has 0 saturated carbocycles. The molecule has 0 aliphatic heterocycles. The van der Waals surface area contributed by atoms with Crippen molar-refractivity contribution in [1.29, 1.82) is 0 Å². The molecule has 0 bridgehead atoms. The summed E-state index contributed by atoms with van der Waals surface area (Å²) in [6, 6.07) is 19.6. The van der Waals surface area contributed by atoms with Crippen LogP contribution in [0.15, 0.2) is 59.1 Å². The molecule has 0 fully saturated rings. The zero-order valence-corrected chi connectivity index (χ0v) is 11.4. The van der Waals surface area contributed by atoms with Crippen molar-refractivity contribution in [3.05, 3.63) is 70.2 Å². The molecular weight excluding hydrogens is 284 g/mol. The Bertz CT molecular complexity index is 772. The van der Waals surface area contributed by atoms with Crippen molar-refractivity contribution in [3.63, 3.8) is 0 Å². The third kappa shape index (κ3) is 1.31. The van der Waals surface area contributed by atoms with Crippen molar-refractivity contribution in [1.82, 2.24) is 0 Å². The zero-order valence-electron chi connectivity index (χ0n) is 9.78. The first kappa shape index (κ1) is 10.3. The van der Waals surface area contributed by atoms with Crippen molar-refractivity contribution < 1.29 is 0 Å². The Balaban J connectivity index is 2.10. The van der Waals surface area contributed by atoms with Gasteiger partial charge in [0.05, 0.1) is 0 Å². The lowest BCUT2D eigenvalue weighted by molar-refractivity contribution is 1.27. The van der Waals surface area contributed by atoms with Gasteiger partial charge in [-0.1, -0.05) is 64.5 Å². The second-order valence-electron chi connectivity index (χ2n) is 4.76. The molecule has 3 aromatic rings. The van der Waals surface area contributed by atoms with Gasteiger partial charge in [0.1, 0.15) is 0 Å². The van der Waals surface area contributed by atoms with Crippen molar-refractivity contribution in [2.75, 3.05) is 0 Å². The van der Waals surface area contributed by atoms with Crippen molar-refractivity contribution in [2.24, 2.45) is 0 Å². The van der Waals surface area contributed by atoms with E-state index in [2.05, 4.69) is 70.5 Å². The van der Waals surface area contributed by atoms with Gasteiger partial charge in [-0.3, -0.25) is 0 Å². The van der Waals surface area contributed by atoms with Gasteiger partial charge in [0, 0.05) is 10.9 Å². The third-order valence-corrected chi connectivity index (χ3v) is 4.55. The standard InChI is InChI=1S/C17H11Br/c18-17-7-3-6-13-14-9-8-11-4-1-2-5-12(11)15(14)10-16(13)17/h1-9H,10H2. The number of halogens is 1. The van der Waals surface area contributed by atoms with Crippen LogP contribution in [0.4, 0.5) is 0 Å². The average molecular weight is 295 g/mol. The molecule has 0 aromatic heterocycles. The van der Waals surface area contributed by atoms with Crippen LogP contribution in [0.2, 0.25) is 0 Å². The smallest absolute Gasteiger partial charge is 0.0216 e. The first-order valence-electron chi connectivity index (χ1n) is 6.13. The second-order valence-corrected chi connectivity index (χ2v) is 5.61. The summed E-state index contributed by atoms with van der Waals surface area (Å²) in [6.45, 7) is 0. The summed E-state index contributed by atoms with van der Waals surface area (Å²) in [5.41, 5.74) is 5.66. The molecule has 0 radical (unpaired) electrons. The van der Waals surface area contributed by atoms with E-state index in [4.69, 9.17) is 0 Å². The summed E-state index contributed by atoms with van der Waals surface area (Å²) in [7, 11) is 0. The summed E-state index contributed by atoms with van der Waals surface area (Å²) >= 11 is 3.67. The van der Waals surface area contributed by atoms with Gasteiger partial charge in [0.15, 0.2) is 0 Å². The minimum absolute atomic E-state index is 1.04. The molecule has 0 nitrogen and oxygen atoms in total. The molecule has 0 heterocycles. The maximum absolute atomic E-state index is 3.67. The van der Waals surface area contributed by atoms with Gasteiger partial charge in [-0.2, -0.15) is 0 Å². The fourth-order valence-corrected chi connectivity index (χ4v) is 3.45. The van der Waals surface area contributed by atoms with E-state index in [9.17, 15) is 0 Å². The van der Waals surface area contributed by atoms with Crippen LogP contribution in [-0.4, -0.2) is 0 Å². The van der Waals surface area contributed by atoms with Gasteiger partial charge in [-0.05, 0) is 39.1 Å². The van der Waals surface area contributed by atoms with Crippen LogP contribution in [0.5, 0.6) is 0 Å². The first-order valence-corrected chi connectivity index (χ1v) is 6.92. The normalized spacial score (nSPS) is 12.5. The maximum Gasteiger partial charge on any atom is 0.0216 e. The van der Waals surface area contributed by atoms with Gasteiger partial charge in [0.25, 0.3) is 0 Å². The van der Waals surface area contributed by atoms with E-state index in [0.717, 1.165) is 6.42 Å². The molecule has 0 unspecified atom stereocenters. The van der Waals surface area contributed by atoms with Crippen molar-refractivity contribution in [3.8, 4) is 11.1 Å². The SMILES string of the molecule is Brc1cccc2c1Cc1c-2ccc2ccccc12. The summed E-state index contributed by atoms with van der Waals surface area (Å²) in [5.74, 6) is 0. The number of rotatable bonds is 0. The van der Waals surface area contributed by atoms with Gasteiger partial charge in [0.2, 0.25) is 0 Å². The lowest BCUT2D eigenvalue weighted by Crippen LogP contribution is -1.84. The minimum atomic E-state index is 1.04. The van der Waals surface area contributed by atoms with E-state index >= 15 is 0 Å². The molecule has 86 valence electrons. The first-order chi connectivity index (χ1) is 8.84. The number of benzene rings is 3. The van der Waals surface area contributed by atoms with E-state index < -0.39 is 0 Å². The fraction of sp³-hybridized carbons (Fsp3) is 0.0588. The average Bonchev–Trinajstić information content (AvgIpc) is 2.79. The minimum Gasteiger partial charge on any atom is -0.0616 e. The van der Waals surface area contributed by atoms with E-state index in [1.807, 2.05) is 0 Å². The van der Waals surface area contributed by atoms with Crippen molar-refractivity contribution in [2.45, 2.75) is 6.42 Å². The Morgan fingerprint density at radius 3 is 2.50 bits per heavy atom. The highest BCUT2D eigenvalue weighted by molar-refractivity contribution is 9.10. The van der Waals surface area contributed by atoms with E-state index in [-0.39, 0.29) is 0 Å². The van der Waals surface area contributed by atoms with Crippen molar-refractivity contribution >= 4 is 26.7 Å². The Morgan fingerprint density at radius 2 is 1.56 bits per heavy atom. The molecule has 4 rings (SSSR count). The van der Waals surface area contributed by atoms with Crippen LogP contribution in [-0.2, 0) is 6.42 Å². The molecule has 0 N–H and O–H groups in total. The fourth-order valence-electron chi connectivity index (χ4n) is 2.95. The Morgan fingerprint density at radius 1 is 0.722 bits per heavy atom. The predicted octanol–water partition coefficient (Wildman–Crippen LogP) is 5.17. The quantitative estimate of drug-likeness (QED) is 0.419. The predicted molar refractivity (Wildman–Crippen MR) is 79.9 cm³/mol. The maximum atomic E-state index is 3.67. The monoisotopic (exact) mass is 294 g/mol. The molecule has 0 atom stereocenters. The summed E-state index contributed by atoms with van der Waals surface area (Å²) in [4.78, 5) is 0. The van der Waals surface area contributed by atoms with Gasteiger partial charge >= 0.3 is 0 Å². The van der Waals surface area contributed by atoms with E-state index in [1.165, 1.54) is 37.5 Å². The Kier molecular flexibility index (Phi) is 2.12. The summed E-state index contributed by atoms with van der Waals surface area (Å²) < 4.78 is 1.22. The van der Waals surface area contributed by atoms with Gasteiger partial charge in [-0.15, -0.1) is 0 Å². The number of fused-ring (bicyclic) bond motifs is 5. The van der Waals surface area contributed by atoms with Crippen LogP contribution in [0, 0.1) is 0 Å². The summed E-state index contributed by atoms with van der Waals surface area (Å²) in [6.07, 6.45) is 1.04. The van der Waals surface area contributed by atoms with Crippen LogP contribution in [0.1, 0.15) is 11.1 Å². The Labute approximate surface area is 114 Å². The molecule has 1 aliphatic carbocycles. The molecule has 3 aromatic carbocycles. The Hall–Kier alpha value is -1.60. The summed E-state index contributed by atoms with van der Waals surface area (Å²) in [5, 5.41) is 2.72. The second kappa shape index (κ2) is 3.69. The molecular formula is C17H11Br. The van der Waals surface area contributed by atoms with Gasteiger partial charge < -0.3 is 0 Å². The zero-order chi connectivity index (χ0) is 12.1. The molecule has 0 amide bonds. The van der Waals surface area contributed by atoms with Crippen LogP contribution in [0.25, 0.3) is 21.9 Å². The largest absolute Gasteiger partial charge is 0.0616 e. The van der Waals surface area contributed by atoms with Crippen LogP contribution < -0.4 is 0 Å². The molecule has 1 aliphatic rings. The third-order valence-electron chi connectivity index (χ3n) is 3.80. The molecule has 1 heteroatoms. The molecule has 0 spiro atoms. The highest BCUT2D eigenvalue weighted by atomic mass is 79.9.